The second kappa shape index (κ2) is 6.81. The maximum absolute atomic E-state index is 12.0. The summed E-state index contributed by atoms with van der Waals surface area (Å²) in [5.41, 5.74) is -0.467. The first-order valence-corrected chi connectivity index (χ1v) is 7.57. The predicted octanol–water partition coefficient (Wildman–Crippen LogP) is 1.93. The first-order chi connectivity index (χ1) is 10.4. The van der Waals surface area contributed by atoms with Crippen LogP contribution < -0.4 is 9.64 Å². The van der Waals surface area contributed by atoms with Crippen molar-refractivity contribution in [3.63, 3.8) is 0 Å². The van der Waals surface area contributed by atoms with Gasteiger partial charge in [-0.05, 0) is 27.7 Å². The fourth-order valence-corrected chi connectivity index (χ4v) is 2.15. The van der Waals surface area contributed by atoms with Crippen LogP contribution in [0, 0.1) is 0 Å². The number of amides is 1. The second-order valence-corrected chi connectivity index (χ2v) is 6.10. The van der Waals surface area contributed by atoms with Crippen molar-refractivity contribution in [2.45, 2.75) is 33.3 Å². The Balaban J connectivity index is 1.92. The number of hydrogen-bond acceptors (Lipinski definition) is 6. The molecule has 7 heteroatoms. The van der Waals surface area contributed by atoms with Crippen LogP contribution in [0.2, 0.25) is 0 Å². The molecule has 0 N–H and O–H groups in total. The van der Waals surface area contributed by atoms with Crippen LogP contribution in [-0.2, 0) is 4.74 Å². The molecular weight excluding hydrogens is 284 g/mol. The number of carbonyl (C=O) groups is 1. The van der Waals surface area contributed by atoms with Crippen molar-refractivity contribution in [2.24, 2.45) is 0 Å². The van der Waals surface area contributed by atoms with Gasteiger partial charge in [0.2, 0.25) is 5.88 Å². The minimum absolute atomic E-state index is 0.263. The van der Waals surface area contributed by atoms with Crippen molar-refractivity contribution < 1.29 is 14.3 Å². The van der Waals surface area contributed by atoms with E-state index in [2.05, 4.69) is 14.9 Å². The van der Waals surface area contributed by atoms with E-state index < -0.39 is 5.60 Å². The molecule has 0 unspecified atom stereocenters. The first-order valence-electron chi connectivity index (χ1n) is 7.57. The van der Waals surface area contributed by atoms with E-state index in [0.717, 1.165) is 5.82 Å². The molecule has 1 aliphatic heterocycles. The summed E-state index contributed by atoms with van der Waals surface area (Å²) in [6.45, 7) is 10.7. The highest BCUT2D eigenvalue weighted by molar-refractivity contribution is 5.68. The zero-order valence-electron chi connectivity index (χ0n) is 13.7. The minimum Gasteiger partial charge on any atom is -0.477 e. The van der Waals surface area contributed by atoms with Gasteiger partial charge in [-0.3, -0.25) is 4.98 Å². The summed E-state index contributed by atoms with van der Waals surface area (Å²) >= 11 is 0. The van der Waals surface area contributed by atoms with Crippen molar-refractivity contribution in [3.8, 4) is 5.88 Å². The van der Waals surface area contributed by atoms with E-state index in [0.29, 0.717) is 38.7 Å². The molecule has 1 aromatic heterocycles. The zero-order chi connectivity index (χ0) is 16.2. The number of rotatable bonds is 3. The third-order valence-electron chi connectivity index (χ3n) is 3.15. The molecule has 1 aliphatic rings. The third kappa shape index (κ3) is 4.47. The molecule has 0 aromatic carbocycles. The molecule has 122 valence electrons. The molecule has 2 heterocycles. The van der Waals surface area contributed by atoms with Gasteiger partial charge in [0, 0.05) is 26.2 Å². The lowest BCUT2D eigenvalue weighted by Crippen LogP contribution is -2.50. The number of piperazine rings is 1. The summed E-state index contributed by atoms with van der Waals surface area (Å²) in [5, 5.41) is 0. The van der Waals surface area contributed by atoms with Gasteiger partial charge in [0.25, 0.3) is 0 Å². The van der Waals surface area contributed by atoms with E-state index in [9.17, 15) is 4.79 Å². The molecule has 1 fully saturated rings. The predicted molar refractivity (Wildman–Crippen MR) is 83.2 cm³/mol. The van der Waals surface area contributed by atoms with E-state index >= 15 is 0 Å². The maximum Gasteiger partial charge on any atom is 0.410 e. The lowest BCUT2D eigenvalue weighted by atomic mass is 10.2. The highest BCUT2D eigenvalue weighted by Crippen LogP contribution is 2.17. The van der Waals surface area contributed by atoms with Gasteiger partial charge in [0.1, 0.15) is 5.60 Å². The molecule has 0 radical (unpaired) electrons. The van der Waals surface area contributed by atoms with Gasteiger partial charge in [0.05, 0.1) is 19.0 Å². The standard InChI is InChI=1S/C15H24N4O3/c1-5-21-13-11-16-10-12(17-13)18-6-8-19(9-7-18)14(20)22-15(2,3)4/h10-11H,5-9H2,1-4H3. The number of anilines is 1. The van der Waals surface area contributed by atoms with E-state index in [-0.39, 0.29) is 6.09 Å². The van der Waals surface area contributed by atoms with Gasteiger partial charge in [-0.25, -0.2) is 4.79 Å². The molecule has 0 spiro atoms. The van der Waals surface area contributed by atoms with Crippen LogP contribution in [0.3, 0.4) is 0 Å². The van der Waals surface area contributed by atoms with E-state index in [1.807, 2.05) is 27.7 Å². The van der Waals surface area contributed by atoms with Gasteiger partial charge in [-0.2, -0.15) is 4.98 Å². The molecule has 1 aromatic rings. The number of ether oxygens (including phenoxy) is 2. The first kappa shape index (κ1) is 16.3. The molecule has 0 saturated carbocycles. The fourth-order valence-electron chi connectivity index (χ4n) is 2.15. The normalized spacial score (nSPS) is 15.6. The van der Waals surface area contributed by atoms with Crippen LogP contribution in [0.25, 0.3) is 0 Å². The second-order valence-electron chi connectivity index (χ2n) is 6.10. The lowest BCUT2D eigenvalue weighted by Gasteiger charge is -2.36. The van der Waals surface area contributed by atoms with Gasteiger partial charge < -0.3 is 19.3 Å². The molecule has 0 atom stereocenters. The largest absolute Gasteiger partial charge is 0.477 e. The average molecular weight is 308 g/mol. The monoisotopic (exact) mass is 308 g/mol. The van der Waals surface area contributed by atoms with Crippen molar-refractivity contribution >= 4 is 11.9 Å². The van der Waals surface area contributed by atoms with Crippen LogP contribution in [-0.4, -0.2) is 59.3 Å². The molecule has 7 nitrogen and oxygen atoms in total. The van der Waals surface area contributed by atoms with Crippen LogP contribution in [0.1, 0.15) is 27.7 Å². The summed E-state index contributed by atoms with van der Waals surface area (Å²) in [7, 11) is 0. The van der Waals surface area contributed by atoms with Gasteiger partial charge in [0.15, 0.2) is 5.82 Å². The Bertz CT molecular complexity index is 508. The van der Waals surface area contributed by atoms with Crippen molar-refractivity contribution in [3.05, 3.63) is 12.4 Å². The van der Waals surface area contributed by atoms with Crippen LogP contribution in [0.5, 0.6) is 5.88 Å². The number of nitrogens with zero attached hydrogens (tertiary/aromatic N) is 4. The molecule has 1 amide bonds. The number of aromatic nitrogens is 2. The maximum atomic E-state index is 12.0. The molecule has 2 rings (SSSR count). The highest BCUT2D eigenvalue weighted by atomic mass is 16.6. The van der Waals surface area contributed by atoms with Crippen LogP contribution >= 0.6 is 0 Å². The minimum atomic E-state index is -0.467. The van der Waals surface area contributed by atoms with Crippen molar-refractivity contribution in [2.75, 3.05) is 37.7 Å². The van der Waals surface area contributed by atoms with Gasteiger partial charge in [-0.1, -0.05) is 0 Å². The Morgan fingerprint density at radius 1 is 1.23 bits per heavy atom. The van der Waals surface area contributed by atoms with E-state index in [4.69, 9.17) is 9.47 Å². The lowest BCUT2D eigenvalue weighted by molar-refractivity contribution is 0.0240. The Morgan fingerprint density at radius 3 is 2.50 bits per heavy atom. The fraction of sp³-hybridized carbons (Fsp3) is 0.667. The summed E-state index contributed by atoms with van der Waals surface area (Å²) in [6.07, 6.45) is 3.05. The smallest absolute Gasteiger partial charge is 0.410 e. The summed E-state index contributed by atoms with van der Waals surface area (Å²) in [6, 6.07) is 0. The zero-order valence-corrected chi connectivity index (χ0v) is 13.7. The summed E-state index contributed by atoms with van der Waals surface area (Å²) < 4.78 is 10.8. The molecule has 1 saturated heterocycles. The summed E-state index contributed by atoms with van der Waals surface area (Å²) in [5.74, 6) is 1.30. The Hall–Kier alpha value is -2.05. The number of hydrogen-bond donors (Lipinski definition) is 0. The highest BCUT2D eigenvalue weighted by Gasteiger charge is 2.26. The Labute approximate surface area is 131 Å². The van der Waals surface area contributed by atoms with Crippen LogP contribution in [0.4, 0.5) is 10.6 Å². The molecule has 0 bridgehead atoms. The van der Waals surface area contributed by atoms with Gasteiger partial charge >= 0.3 is 6.09 Å². The van der Waals surface area contributed by atoms with E-state index in [1.54, 1.807) is 17.3 Å². The number of carbonyl (C=O) groups excluding carboxylic acids is 1. The van der Waals surface area contributed by atoms with Gasteiger partial charge in [-0.15, -0.1) is 0 Å². The SMILES string of the molecule is CCOc1cncc(N2CCN(C(=O)OC(C)(C)C)CC2)n1. The Morgan fingerprint density at radius 2 is 1.91 bits per heavy atom. The average Bonchev–Trinajstić information content (AvgIpc) is 2.46. The van der Waals surface area contributed by atoms with E-state index in [1.165, 1.54) is 0 Å². The topological polar surface area (TPSA) is 67.8 Å². The van der Waals surface area contributed by atoms with Crippen molar-refractivity contribution in [1.82, 2.24) is 14.9 Å². The molecular formula is C15H24N4O3. The summed E-state index contributed by atoms with van der Waals surface area (Å²) in [4.78, 5) is 24.4. The Kier molecular flexibility index (Phi) is 5.05. The van der Waals surface area contributed by atoms with Crippen molar-refractivity contribution in [1.29, 1.82) is 0 Å². The quantitative estimate of drug-likeness (QED) is 0.850. The molecule has 22 heavy (non-hydrogen) atoms. The molecule has 0 aliphatic carbocycles. The van der Waals surface area contributed by atoms with Crippen LogP contribution in [0.15, 0.2) is 12.4 Å². The third-order valence-corrected chi connectivity index (χ3v) is 3.15.